The molecule has 0 atom stereocenters. The van der Waals surface area contributed by atoms with Crippen LogP contribution in [0.4, 0.5) is 0 Å². The molecule has 0 saturated heterocycles. The van der Waals surface area contributed by atoms with Crippen molar-refractivity contribution < 1.29 is 14.7 Å². The minimum absolute atomic E-state index is 0.339. The van der Waals surface area contributed by atoms with Gasteiger partial charge in [-0.3, -0.25) is 4.79 Å². The standard InChI is InChI=1S/C11H9NO3/c12-10(13)7-2-1-6-3-9(11(14)15)5-8(6)4-7/h1-2,4-5H,3H2,(H2,12,13)(H,14,15). The van der Waals surface area contributed by atoms with E-state index in [1.165, 1.54) is 0 Å². The lowest BCUT2D eigenvalue weighted by Gasteiger charge is -2.00. The molecule has 76 valence electrons. The summed E-state index contributed by atoms with van der Waals surface area (Å²) in [4.78, 5) is 21.6. The second-order valence-electron chi connectivity index (χ2n) is 3.43. The largest absolute Gasteiger partial charge is 0.478 e. The molecule has 0 aliphatic heterocycles. The summed E-state index contributed by atoms with van der Waals surface area (Å²) < 4.78 is 0. The number of rotatable bonds is 2. The average molecular weight is 203 g/mol. The molecule has 1 aliphatic rings. The van der Waals surface area contributed by atoms with Crippen LogP contribution in [0, 0.1) is 0 Å². The summed E-state index contributed by atoms with van der Waals surface area (Å²) in [6.07, 6.45) is 1.98. The molecule has 0 heterocycles. The zero-order valence-corrected chi connectivity index (χ0v) is 7.86. The highest BCUT2D eigenvalue weighted by molar-refractivity contribution is 5.97. The smallest absolute Gasteiger partial charge is 0.331 e. The Labute approximate surface area is 86.0 Å². The maximum Gasteiger partial charge on any atom is 0.331 e. The Morgan fingerprint density at radius 2 is 2.07 bits per heavy atom. The molecule has 1 aromatic rings. The summed E-state index contributed by atoms with van der Waals surface area (Å²) >= 11 is 0. The molecule has 0 unspecified atom stereocenters. The van der Waals surface area contributed by atoms with Crippen LogP contribution in [0.5, 0.6) is 0 Å². The van der Waals surface area contributed by atoms with Crippen molar-refractivity contribution >= 4 is 18.0 Å². The van der Waals surface area contributed by atoms with Gasteiger partial charge in [0.25, 0.3) is 0 Å². The highest BCUT2D eigenvalue weighted by Crippen LogP contribution is 2.25. The number of amides is 1. The maximum atomic E-state index is 10.9. The molecule has 4 heteroatoms. The van der Waals surface area contributed by atoms with E-state index in [0.29, 0.717) is 17.6 Å². The van der Waals surface area contributed by atoms with Crippen molar-refractivity contribution in [2.24, 2.45) is 5.73 Å². The molecule has 0 bridgehead atoms. The summed E-state index contributed by atoms with van der Waals surface area (Å²) in [5.74, 6) is -1.43. The van der Waals surface area contributed by atoms with Crippen LogP contribution in [0.15, 0.2) is 23.8 Å². The monoisotopic (exact) mass is 203 g/mol. The quantitative estimate of drug-likeness (QED) is 0.746. The molecule has 15 heavy (non-hydrogen) atoms. The minimum Gasteiger partial charge on any atom is -0.478 e. The third-order valence-electron chi connectivity index (χ3n) is 2.42. The van der Waals surface area contributed by atoms with Crippen molar-refractivity contribution in [2.45, 2.75) is 6.42 Å². The Bertz CT molecular complexity index is 489. The predicted octanol–water partition coefficient (Wildman–Crippen LogP) is 0.810. The van der Waals surface area contributed by atoms with Gasteiger partial charge in [0.15, 0.2) is 0 Å². The van der Waals surface area contributed by atoms with Crippen molar-refractivity contribution in [2.75, 3.05) is 0 Å². The lowest BCUT2D eigenvalue weighted by Crippen LogP contribution is -2.10. The summed E-state index contributed by atoms with van der Waals surface area (Å²) in [6, 6.07) is 4.97. The molecule has 4 nitrogen and oxygen atoms in total. The van der Waals surface area contributed by atoms with E-state index in [0.717, 1.165) is 11.1 Å². The van der Waals surface area contributed by atoms with Gasteiger partial charge in [0, 0.05) is 17.6 Å². The number of fused-ring (bicyclic) bond motifs is 1. The van der Waals surface area contributed by atoms with Crippen molar-refractivity contribution in [3.05, 3.63) is 40.5 Å². The first-order valence-corrected chi connectivity index (χ1v) is 4.44. The molecule has 0 radical (unpaired) electrons. The van der Waals surface area contributed by atoms with Crippen molar-refractivity contribution in [3.8, 4) is 0 Å². The number of carboxylic acids is 1. The number of benzene rings is 1. The lowest BCUT2D eigenvalue weighted by molar-refractivity contribution is -0.132. The molecular formula is C11H9NO3. The van der Waals surface area contributed by atoms with E-state index in [-0.39, 0.29) is 0 Å². The number of aliphatic carboxylic acids is 1. The third kappa shape index (κ3) is 1.61. The first-order valence-electron chi connectivity index (χ1n) is 4.44. The second-order valence-corrected chi connectivity index (χ2v) is 3.43. The summed E-state index contributed by atoms with van der Waals surface area (Å²) in [6.45, 7) is 0. The summed E-state index contributed by atoms with van der Waals surface area (Å²) in [7, 11) is 0. The van der Waals surface area contributed by atoms with Gasteiger partial charge >= 0.3 is 5.97 Å². The van der Waals surface area contributed by atoms with Gasteiger partial charge < -0.3 is 10.8 Å². The van der Waals surface area contributed by atoms with Crippen molar-refractivity contribution in [1.29, 1.82) is 0 Å². The molecule has 2 rings (SSSR count). The molecule has 1 aromatic carbocycles. The van der Waals surface area contributed by atoms with E-state index in [4.69, 9.17) is 10.8 Å². The van der Waals surface area contributed by atoms with Crippen LogP contribution in [0.25, 0.3) is 6.08 Å². The second kappa shape index (κ2) is 3.24. The first-order chi connectivity index (χ1) is 7.08. The minimum atomic E-state index is -0.924. The van der Waals surface area contributed by atoms with Gasteiger partial charge in [0.2, 0.25) is 5.91 Å². The Balaban J connectivity index is 2.43. The van der Waals surface area contributed by atoms with Crippen LogP contribution >= 0.6 is 0 Å². The van der Waals surface area contributed by atoms with Gasteiger partial charge in [-0.15, -0.1) is 0 Å². The maximum absolute atomic E-state index is 10.9. The van der Waals surface area contributed by atoms with Crippen LogP contribution < -0.4 is 5.73 Å². The van der Waals surface area contributed by atoms with E-state index in [1.54, 1.807) is 24.3 Å². The number of carboxylic acid groups (broad SMARTS) is 1. The Hall–Kier alpha value is -2.10. The van der Waals surface area contributed by atoms with E-state index in [1.807, 2.05) is 0 Å². The number of carbonyl (C=O) groups excluding carboxylic acids is 1. The van der Waals surface area contributed by atoms with Crippen LogP contribution in [0.3, 0.4) is 0 Å². The fraction of sp³-hybridized carbons (Fsp3) is 0.0909. The lowest BCUT2D eigenvalue weighted by atomic mass is 10.1. The van der Waals surface area contributed by atoms with Gasteiger partial charge in [-0.2, -0.15) is 0 Å². The van der Waals surface area contributed by atoms with E-state index < -0.39 is 11.9 Å². The molecule has 0 saturated carbocycles. The number of hydrogen-bond donors (Lipinski definition) is 2. The highest BCUT2D eigenvalue weighted by atomic mass is 16.4. The fourth-order valence-electron chi connectivity index (χ4n) is 1.62. The first kappa shape index (κ1) is 9.45. The van der Waals surface area contributed by atoms with Gasteiger partial charge in [-0.25, -0.2) is 4.79 Å². The van der Waals surface area contributed by atoms with E-state index >= 15 is 0 Å². The van der Waals surface area contributed by atoms with E-state index in [2.05, 4.69) is 0 Å². The van der Waals surface area contributed by atoms with Gasteiger partial charge in [0.05, 0.1) is 0 Å². The topological polar surface area (TPSA) is 80.4 Å². The number of hydrogen-bond acceptors (Lipinski definition) is 2. The van der Waals surface area contributed by atoms with Crippen LogP contribution in [-0.4, -0.2) is 17.0 Å². The molecule has 0 aromatic heterocycles. The summed E-state index contributed by atoms with van der Waals surface area (Å²) in [5.41, 5.74) is 7.55. The van der Waals surface area contributed by atoms with Crippen LogP contribution in [-0.2, 0) is 11.2 Å². The molecule has 3 N–H and O–H groups in total. The van der Waals surface area contributed by atoms with Crippen molar-refractivity contribution in [3.63, 3.8) is 0 Å². The highest BCUT2D eigenvalue weighted by Gasteiger charge is 2.18. The van der Waals surface area contributed by atoms with Crippen LogP contribution in [0.1, 0.15) is 21.5 Å². The number of nitrogens with two attached hydrogens (primary N) is 1. The summed E-state index contributed by atoms with van der Waals surface area (Å²) in [5, 5.41) is 8.80. The van der Waals surface area contributed by atoms with Crippen molar-refractivity contribution in [1.82, 2.24) is 0 Å². The number of carbonyl (C=O) groups is 2. The zero-order chi connectivity index (χ0) is 11.0. The predicted molar refractivity (Wildman–Crippen MR) is 54.3 cm³/mol. The molecule has 0 fully saturated rings. The SMILES string of the molecule is NC(=O)c1ccc2c(c1)C=C(C(=O)O)C2. The van der Waals surface area contributed by atoms with Gasteiger partial charge in [-0.05, 0) is 29.3 Å². The molecular weight excluding hydrogens is 194 g/mol. The Kier molecular flexibility index (Phi) is 2.04. The third-order valence-corrected chi connectivity index (χ3v) is 2.42. The number of primary amides is 1. The molecule has 1 aliphatic carbocycles. The Morgan fingerprint density at radius 1 is 1.33 bits per heavy atom. The van der Waals surface area contributed by atoms with Gasteiger partial charge in [0.1, 0.15) is 0 Å². The molecule has 0 spiro atoms. The normalized spacial score (nSPS) is 13.2. The van der Waals surface area contributed by atoms with E-state index in [9.17, 15) is 9.59 Å². The fourth-order valence-corrected chi connectivity index (χ4v) is 1.62. The van der Waals surface area contributed by atoms with Crippen LogP contribution in [0.2, 0.25) is 0 Å². The average Bonchev–Trinajstić information content (AvgIpc) is 2.59. The molecule has 1 amide bonds. The van der Waals surface area contributed by atoms with Gasteiger partial charge in [-0.1, -0.05) is 6.07 Å². The Morgan fingerprint density at radius 3 is 2.67 bits per heavy atom. The zero-order valence-electron chi connectivity index (χ0n) is 7.86.